The van der Waals surface area contributed by atoms with Gasteiger partial charge in [0.15, 0.2) is 0 Å². The van der Waals surface area contributed by atoms with Crippen molar-refractivity contribution in [3.8, 4) is 0 Å². The van der Waals surface area contributed by atoms with Crippen molar-refractivity contribution in [3.63, 3.8) is 0 Å². The van der Waals surface area contributed by atoms with E-state index < -0.39 is 0 Å². The van der Waals surface area contributed by atoms with E-state index in [0.717, 1.165) is 12.7 Å². The fourth-order valence-corrected chi connectivity index (χ4v) is 2.75. The van der Waals surface area contributed by atoms with Gasteiger partial charge in [-0.2, -0.15) is 0 Å². The fraction of sp³-hybridized carbons (Fsp3) is 0.632. The molecule has 2 rings (SSSR count). The molecule has 0 aromatic heterocycles. The molecule has 1 aliphatic rings. The van der Waals surface area contributed by atoms with Crippen molar-refractivity contribution in [1.82, 2.24) is 0 Å². The lowest BCUT2D eigenvalue weighted by atomic mass is 9.77. The summed E-state index contributed by atoms with van der Waals surface area (Å²) in [6.07, 6.45) is 2.12. The van der Waals surface area contributed by atoms with Crippen LogP contribution in [-0.2, 0) is 21.0 Å². The van der Waals surface area contributed by atoms with Crippen LogP contribution in [0.3, 0.4) is 0 Å². The van der Waals surface area contributed by atoms with E-state index in [0.29, 0.717) is 0 Å². The number of benzene rings is 1. The second-order valence-corrected chi connectivity index (χ2v) is 8.66. The third-order valence-corrected chi connectivity index (χ3v) is 4.79. The average Bonchev–Trinajstić information content (AvgIpc) is 2.99. The van der Waals surface area contributed by atoms with Crippen LogP contribution in [0.2, 0.25) is 0 Å². The first-order valence-corrected chi connectivity index (χ1v) is 7.60. The Bertz CT molecular complexity index is 495. The first kappa shape index (κ1) is 15.3. The zero-order valence-corrected chi connectivity index (χ0v) is 14.0. The van der Waals surface area contributed by atoms with Crippen LogP contribution in [0, 0.1) is 5.92 Å². The van der Waals surface area contributed by atoms with Gasteiger partial charge in [-0.3, -0.25) is 0 Å². The van der Waals surface area contributed by atoms with E-state index in [9.17, 15) is 4.79 Å². The Kier molecular flexibility index (Phi) is 3.40. The molecule has 110 valence electrons. The van der Waals surface area contributed by atoms with E-state index in [1.54, 1.807) is 0 Å². The second kappa shape index (κ2) is 4.44. The maximum Gasteiger partial charge on any atom is 0.123 e. The SMILES string of the molecule is CC(C)(C)c1cc(C(C)(C)C)cc(C2(C)CC2C=O)c1. The number of carbonyl (C=O) groups excluding carboxylic acids is 1. The molecule has 1 fully saturated rings. The average molecular weight is 272 g/mol. The van der Waals surface area contributed by atoms with Gasteiger partial charge in [0.05, 0.1) is 0 Å². The van der Waals surface area contributed by atoms with Gasteiger partial charge in [-0.1, -0.05) is 66.7 Å². The van der Waals surface area contributed by atoms with Gasteiger partial charge < -0.3 is 4.79 Å². The van der Waals surface area contributed by atoms with Gasteiger partial charge in [-0.25, -0.2) is 0 Å². The zero-order valence-electron chi connectivity index (χ0n) is 14.0. The Morgan fingerprint density at radius 3 is 1.75 bits per heavy atom. The van der Waals surface area contributed by atoms with Gasteiger partial charge in [0.1, 0.15) is 6.29 Å². The summed E-state index contributed by atoms with van der Waals surface area (Å²) in [6.45, 7) is 15.8. The summed E-state index contributed by atoms with van der Waals surface area (Å²) in [4.78, 5) is 11.1. The van der Waals surface area contributed by atoms with Crippen LogP contribution in [0.4, 0.5) is 0 Å². The van der Waals surface area contributed by atoms with Crippen LogP contribution in [0.25, 0.3) is 0 Å². The summed E-state index contributed by atoms with van der Waals surface area (Å²) in [6, 6.07) is 6.97. The Morgan fingerprint density at radius 2 is 1.45 bits per heavy atom. The molecule has 1 aromatic carbocycles. The van der Waals surface area contributed by atoms with Crippen molar-refractivity contribution in [2.24, 2.45) is 5.92 Å². The molecule has 0 amide bonds. The van der Waals surface area contributed by atoms with E-state index in [1.165, 1.54) is 16.7 Å². The molecule has 1 aliphatic carbocycles. The van der Waals surface area contributed by atoms with Crippen molar-refractivity contribution in [1.29, 1.82) is 0 Å². The predicted octanol–water partition coefficient (Wildman–Crippen LogP) is 4.76. The number of hydrogen-bond acceptors (Lipinski definition) is 1. The molecule has 1 saturated carbocycles. The van der Waals surface area contributed by atoms with Crippen LogP contribution >= 0.6 is 0 Å². The lowest BCUT2D eigenvalue weighted by molar-refractivity contribution is -0.109. The summed E-state index contributed by atoms with van der Waals surface area (Å²) >= 11 is 0. The lowest BCUT2D eigenvalue weighted by Crippen LogP contribution is -2.19. The van der Waals surface area contributed by atoms with Gasteiger partial charge in [-0.15, -0.1) is 0 Å². The summed E-state index contributed by atoms with van der Waals surface area (Å²) in [7, 11) is 0. The molecule has 0 spiro atoms. The van der Waals surface area contributed by atoms with Crippen molar-refractivity contribution in [3.05, 3.63) is 34.9 Å². The normalized spacial score (nSPS) is 26.4. The minimum absolute atomic E-state index is 0.0585. The van der Waals surface area contributed by atoms with Crippen molar-refractivity contribution < 1.29 is 4.79 Å². The summed E-state index contributed by atoms with van der Waals surface area (Å²) in [5.41, 5.74) is 4.42. The molecular weight excluding hydrogens is 244 g/mol. The molecule has 1 heteroatoms. The predicted molar refractivity (Wildman–Crippen MR) is 85.4 cm³/mol. The molecule has 1 nitrogen and oxygen atoms in total. The number of hydrogen-bond donors (Lipinski definition) is 0. The van der Waals surface area contributed by atoms with E-state index in [4.69, 9.17) is 0 Å². The minimum atomic E-state index is 0.0585. The van der Waals surface area contributed by atoms with E-state index >= 15 is 0 Å². The van der Waals surface area contributed by atoms with Crippen LogP contribution in [0.5, 0.6) is 0 Å². The van der Waals surface area contributed by atoms with E-state index in [2.05, 4.69) is 66.7 Å². The fourth-order valence-electron chi connectivity index (χ4n) is 2.75. The second-order valence-electron chi connectivity index (χ2n) is 8.66. The molecule has 0 N–H and O–H groups in total. The van der Waals surface area contributed by atoms with Crippen molar-refractivity contribution in [2.75, 3.05) is 0 Å². The first-order chi connectivity index (χ1) is 8.98. The van der Waals surface area contributed by atoms with Gasteiger partial charge >= 0.3 is 0 Å². The number of carbonyl (C=O) groups is 1. The van der Waals surface area contributed by atoms with E-state index in [1.807, 2.05) is 0 Å². The first-order valence-electron chi connectivity index (χ1n) is 7.60. The molecule has 2 unspecified atom stereocenters. The Labute approximate surface area is 123 Å². The largest absolute Gasteiger partial charge is 0.303 e. The maximum absolute atomic E-state index is 11.1. The highest BCUT2D eigenvalue weighted by Crippen LogP contribution is 2.53. The standard InChI is InChI=1S/C19H28O/c1-17(2,3)13-8-14(18(4,5)6)10-15(9-13)19(7)11-16(19)12-20/h8-10,12,16H,11H2,1-7H3. The van der Waals surface area contributed by atoms with E-state index in [-0.39, 0.29) is 22.2 Å². The Hall–Kier alpha value is -1.11. The van der Waals surface area contributed by atoms with Gasteiger partial charge in [0, 0.05) is 11.3 Å². The molecule has 1 aromatic rings. The summed E-state index contributed by atoms with van der Waals surface area (Å²) in [5.74, 6) is 0.200. The highest BCUT2D eigenvalue weighted by atomic mass is 16.1. The number of aldehydes is 1. The molecular formula is C19H28O. The van der Waals surface area contributed by atoms with Crippen LogP contribution < -0.4 is 0 Å². The molecule has 0 bridgehead atoms. The Morgan fingerprint density at radius 1 is 1.00 bits per heavy atom. The molecule has 0 radical (unpaired) electrons. The van der Waals surface area contributed by atoms with Crippen LogP contribution in [-0.4, -0.2) is 6.29 Å². The molecule has 0 saturated heterocycles. The van der Waals surface area contributed by atoms with Gasteiger partial charge in [0.2, 0.25) is 0 Å². The van der Waals surface area contributed by atoms with Gasteiger partial charge in [-0.05, 0) is 33.9 Å². The topological polar surface area (TPSA) is 17.1 Å². The van der Waals surface area contributed by atoms with Crippen molar-refractivity contribution >= 4 is 6.29 Å². The zero-order chi connectivity index (χ0) is 15.3. The monoisotopic (exact) mass is 272 g/mol. The Balaban J connectivity index is 2.56. The minimum Gasteiger partial charge on any atom is -0.303 e. The van der Waals surface area contributed by atoms with Crippen LogP contribution in [0.1, 0.15) is 71.6 Å². The van der Waals surface area contributed by atoms with Crippen molar-refractivity contribution in [2.45, 2.75) is 71.1 Å². The molecule has 0 heterocycles. The highest BCUT2D eigenvalue weighted by Gasteiger charge is 2.51. The summed E-state index contributed by atoms with van der Waals surface area (Å²) in [5, 5.41) is 0. The maximum atomic E-state index is 11.1. The quantitative estimate of drug-likeness (QED) is 0.709. The number of rotatable bonds is 2. The molecule has 20 heavy (non-hydrogen) atoms. The third kappa shape index (κ3) is 2.68. The summed E-state index contributed by atoms with van der Waals surface area (Å²) < 4.78 is 0. The molecule has 2 atom stereocenters. The van der Waals surface area contributed by atoms with Gasteiger partial charge in [0.25, 0.3) is 0 Å². The highest BCUT2D eigenvalue weighted by molar-refractivity contribution is 5.64. The lowest BCUT2D eigenvalue weighted by Gasteiger charge is -2.27. The smallest absolute Gasteiger partial charge is 0.123 e. The third-order valence-electron chi connectivity index (χ3n) is 4.79. The van der Waals surface area contributed by atoms with Crippen LogP contribution in [0.15, 0.2) is 18.2 Å². The molecule has 0 aliphatic heterocycles.